The lowest BCUT2D eigenvalue weighted by molar-refractivity contribution is -0.123. The first-order chi connectivity index (χ1) is 11.1. The van der Waals surface area contributed by atoms with Gasteiger partial charge in [-0.2, -0.15) is 0 Å². The molecule has 23 heavy (non-hydrogen) atoms. The minimum Gasteiger partial charge on any atom is -0.452 e. The molecule has 1 saturated carbocycles. The van der Waals surface area contributed by atoms with Crippen LogP contribution >= 0.6 is 0 Å². The fourth-order valence-corrected chi connectivity index (χ4v) is 2.60. The topological polar surface area (TPSA) is 97.4 Å². The van der Waals surface area contributed by atoms with Crippen molar-refractivity contribution in [2.24, 2.45) is 5.92 Å². The Hall–Kier alpha value is -2.44. The number of urea groups is 1. The number of carbonyl (C=O) groups is 3. The van der Waals surface area contributed by atoms with E-state index < -0.39 is 24.5 Å². The molecule has 124 valence electrons. The van der Waals surface area contributed by atoms with Crippen LogP contribution in [0, 0.1) is 5.92 Å². The number of hydrogen-bond acceptors (Lipinski definition) is 5. The molecule has 1 aliphatic carbocycles. The number of carbonyl (C=O) groups excluding carboxylic acids is 3. The van der Waals surface area contributed by atoms with Crippen LogP contribution in [-0.2, 0) is 9.53 Å². The van der Waals surface area contributed by atoms with Gasteiger partial charge in [0.25, 0.3) is 5.91 Å². The first-order valence-corrected chi connectivity index (χ1v) is 7.73. The lowest BCUT2D eigenvalue weighted by Gasteiger charge is -2.29. The number of ether oxygens (including phenoxy) is 1. The van der Waals surface area contributed by atoms with E-state index in [1.807, 2.05) is 0 Å². The molecule has 1 aromatic heterocycles. The van der Waals surface area contributed by atoms with Gasteiger partial charge in [0.1, 0.15) is 0 Å². The van der Waals surface area contributed by atoms with Gasteiger partial charge in [-0.15, -0.1) is 0 Å². The minimum atomic E-state index is -0.664. The van der Waals surface area contributed by atoms with Gasteiger partial charge in [0.2, 0.25) is 0 Å². The zero-order chi connectivity index (χ0) is 16.7. The van der Waals surface area contributed by atoms with E-state index in [2.05, 4.69) is 22.5 Å². The summed E-state index contributed by atoms with van der Waals surface area (Å²) in [4.78, 5) is 38.9. The number of nitrogens with one attached hydrogen (secondary N) is 2. The zero-order valence-corrected chi connectivity index (χ0v) is 13.1. The second-order valence-corrected chi connectivity index (χ2v) is 5.71. The molecule has 7 nitrogen and oxygen atoms in total. The van der Waals surface area contributed by atoms with E-state index in [1.165, 1.54) is 24.9 Å². The Bertz CT molecular complexity index is 562. The maximum atomic E-state index is 11.8. The summed E-state index contributed by atoms with van der Waals surface area (Å²) in [7, 11) is 0. The third-order valence-corrected chi connectivity index (χ3v) is 3.91. The second-order valence-electron chi connectivity index (χ2n) is 5.71. The summed E-state index contributed by atoms with van der Waals surface area (Å²) in [5.41, 5.74) is 0.251. The molecule has 0 unspecified atom stereocenters. The SMILES string of the molecule is C[C@H]1CCCC[C@H]1NC(=O)NC(=O)COC(=O)c1cccnc1. The Morgan fingerprint density at radius 1 is 1.30 bits per heavy atom. The van der Waals surface area contributed by atoms with E-state index in [0.29, 0.717) is 5.92 Å². The number of aromatic nitrogens is 1. The summed E-state index contributed by atoms with van der Waals surface area (Å²) >= 11 is 0. The Balaban J connectivity index is 1.71. The third-order valence-electron chi connectivity index (χ3n) is 3.91. The Labute approximate surface area is 134 Å². The van der Waals surface area contributed by atoms with Crippen molar-refractivity contribution in [1.82, 2.24) is 15.6 Å². The van der Waals surface area contributed by atoms with E-state index in [4.69, 9.17) is 4.74 Å². The van der Waals surface area contributed by atoms with Crippen LogP contribution in [-0.4, -0.2) is 35.5 Å². The largest absolute Gasteiger partial charge is 0.452 e. The molecule has 0 spiro atoms. The van der Waals surface area contributed by atoms with E-state index in [1.54, 1.807) is 6.07 Å². The summed E-state index contributed by atoms with van der Waals surface area (Å²) in [6, 6.07) is 2.65. The van der Waals surface area contributed by atoms with E-state index in [9.17, 15) is 14.4 Å². The summed E-state index contributed by atoms with van der Waals surface area (Å²) in [6.07, 6.45) is 7.11. The van der Waals surface area contributed by atoms with Crippen LogP contribution in [0.1, 0.15) is 43.0 Å². The van der Waals surface area contributed by atoms with Crippen LogP contribution < -0.4 is 10.6 Å². The smallest absolute Gasteiger partial charge is 0.340 e. The van der Waals surface area contributed by atoms with Gasteiger partial charge in [-0.25, -0.2) is 9.59 Å². The van der Waals surface area contributed by atoms with Gasteiger partial charge >= 0.3 is 12.0 Å². The molecule has 2 rings (SSSR count). The number of rotatable bonds is 4. The Morgan fingerprint density at radius 2 is 2.09 bits per heavy atom. The minimum absolute atomic E-state index is 0.0782. The van der Waals surface area contributed by atoms with E-state index in [0.717, 1.165) is 19.3 Å². The van der Waals surface area contributed by atoms with Crippen molar-refractivity contribution < 1.29 is 19.1 Å². The van der Waals surface area contributed by atoms with Crippen LogP contribution in [0.4, 0.5) is 4.79 Å². The highest BCUT2D eigenvalue weighted by Gasteiger charge is 2.23. The molecule has 1 fully saturated rings. The summed E-state index contributed by atoms with van der Waals surface area (Å²) < 4.78 is 4.83. The standard InChI is InChI=1S/C16H21N3O4/c1-11-5-2-3-7-13(11)18-16(22)19-14(20)10-23-15(21)12-6-4-8-17-9-12/h4,6,8-9,11,13H,2-3,5,7,10H2,1H3,(H2,18,19,20,22)/t11-,13+/m0/s1. The van der Waals surface area contributed by atoms with Gasteiger partial charge in [0.15, 0.2) is 6.61 Å². The first kappa shape index (κ1) is 16.9. The van der Waals surface area contributed by atoms with Gasteiger partial charge in [0, 0.05) is 18.4 Å². The number of hydrogen-bond donors (Lipinski definition) is 2. The second kappa shape index (κ2) is 8.26. The molecule has 2 atom stereocenters. The van der Waals surface area contributed by atoms with E-state index >= 15 is 0 Å². The molecule has 0 aliphatic heterocycles. The molecule has 1 aromatic rings. The fraction of sp³-hybridized carbons (Fsp3) is 0.500. The molecule has 0 bridgehead atoms. The van der Waals surface area contributed by atoms with Crippen LogP contribution in [0.2, 0.25) is 0 Å². The molecule has 2 N–H and O–H groups in total. The number of esters is 1. The first-order valence-electron chi connectivity index (χ1n) is 7.73. The summed E-state index contributed by atoms with van der Waals surface area (Å²) in [6.45, 7) is 1.57. The van der Waals surface area contributed by atoms with Gasteiger partial charge in [-0.3, -0.25) is 15.1 Å². The number of nitrogens with zero attached hydrogens (tertiary/aromatic N) is 1. The van der Waals surface area contributed by atoms with Crippen LogP contribution in [0.5, 0.6) is 0 Å². The van der Waals surface area contributed by atoms with Gasteiger partial charge in [-0.1, -0.05) is 19.8 Å². The highest BCUT2D eigenvalue weighted by Crippen LogP contribution is 2.23. The summed E-state index contributed by atoms with van der Waals surface area (Å²) in [5.74, 6) is -0.925. The van der Waals surface area contributed by atoms with Crippen molar-refractivity contribution in [1.29, 1.82) is 0 Å². The molecular formula is C16H21N3O4. The average molecular weight is 319 g/mol. The van der Waals surface area contributed by atoms with Crippen molar-refractivity contribution in [2.75, 3.05) is 6.61 Å². The van der Waals surface area contributed by atoms with Gasteiger partial charge < -0.3 is 10.1 Å². The molecule has 0 aromatic carbocycles. The molecule has 1 heterocycles. The zero-order valence-electron chi connectivity index (χ0n) is 13.1. The number of amides is 3. The summed E-state index contributed by atoms with van der Waals surface area (Å²) in [5, 5.41) is 4.97. The highest BCUT2D eigenvalue weighted by atomic mass is 16.5. The van der Waals surface area contributed by atoms with Crippen LogP contribution in [0.3, 0.4) is 0 Å². The Kier molecular flexibility index (Phi) is 6.08. The normalized spacial score (nSPS) is 20.4. The Morgan fingerprint density at radius 3 is 2.78 bits per heavy atom. The molecule has 3 amide bonds. The van der Waals surface area contributed by atoms with Crippen molar-refractivity contribution >= 4 is 17.9 Å². The molecular weight excluding hydrogens is 298 g/mol. The lowest BCUT2D eigenvalue weighted by Crippen LogP contribution is -2.48. The molecule has 0 radical (unpaired) electrons. The van der Waals surface area contributed by atoms with Crippen molar-refractivity contribution in [3.05, 3.63) is 30.1 Å². The van der Waals surface area contributed by atoms with Gasteiger partial charge in [-0.05, 0) is 30.9 Å². The average Bonchev–Trinajstić information content (AvgIpc) is 2.55. The van der Waals surface area contributed by atoms with Crippen molar-refractivity contribution in [3.8, 4) is 0 Å². The molecule has 1 aliphatic rings. The number of pyridine rings is 1. The quantitative estimate of drug-likeness (QED) is 0.822. The number of imide groups is 1. The van der Waals surface area contributed by atoms with Gasteiger partial charge in [0.05, 0.1) is 5.56 Å². The highest BCUT2D eigenvalue weighted by molar-refractivity contribution is 5.97. The third kappa shape index (κ3) is 5.36. The molecule has 0 saturated heterocycles. The maximum Gasteiger partial charge on any atom is 0.340 e. The van der Waals surface area contributed by atoms with Crippen molar-refractivity contribution in [3.63, 3.8) is 0 Å². The van der Waals surface area contributed by atoms with Crippen LogP contribution in [0.15, 0.2) is 24.5 Å². The maximum absolute atomic E-state index is 11.8. The lowest BCUT2D eigenvalue weighted by atomic mass is 9.86. The van der Waals surface area contributed by atoms with E-state index in [-0.39, 0.29) is 11.6 Å². The van der Waals surface area contributed by atoms with Crippen LogP contribution in [0.25, 0.3) is 0 Å². The predicted octanol–water partition coefficient (Wildman–Crippen LogP) is 1.64. The molecule has 7 heteroatoms. The van der Waals surface area contributed by atoms with Crippen molar-refractivity contribution in [2.45, 2.75) is 38.6 Å². The monoisotopic (exact) mass is 319 g/mol. The fourth-order valence-electron chi connectivity index (χ4n) is 2.60. The predicted molar refractivity (Wildman–Crippen MR) is 82.6 cm³/mol.